The molecule has 1 aliphatic rings. The number of aromatic nitrogens is 2. The summed E-state index contributed by atoms with van der Waals surface area (Å²) in [6.45, 7) is 0. The first-order valence-electron chi connectivity index (χ1n) is 7.93. The molecule has 0 radical (unpaired) electrons. The van der Waals surface area contributed by atoms with Gasteiger partial charge in [0.1, 0.15) is 5.82 Å². The number of halogens is 1. The monoisotopic (exact) mass is 369 g/mol. The predicted octanol–water partition coefficient (Wildman–Crippen LogP) is 4.72. The van der Waals surface area contributed by atoms with Gasteiger partial charge in [0.05, 0.1) is 11.9 Å². The lowest BCUT2D eigenvalue weighted by molar-refractivity contribution is -0.116. The van der Waals surface area contributed by atoms with E-state index in [1.165, 1.54) is 4.90 Å². The van der Waals surface area contributed by atoms with Crippen molar-refractivity contribution in [3.63, 3.8) is 0 Å². The minimum atomic E-state index is -0.00442. The molecule has 6 heteroatoms. The number of nitrogens with one attached hydrogen (secondary N) is 1. The fraction of sp³-hybridized carbons (Fsp3) is 0.158. The van der Waals surface area contributed by atoms with Gasteiger partial charge in [-0.05, 0) is 42.2 Å². The molecule has 0 saturated carbocycles. The quantitative estimate of drug-likeness (QED) is 0.679. The third kappa shape index (κ3) is 3.05. The van der Waals surface area contributed by atoms with E-state index < -0.39 is 0 Å². The molecule has 0 aliphatic carbocycles. The van der Waals surface area contributed by atoms with E-state index in [9.17, 15) is 4.79 Å². The number of rotatable bonds is 3. The highest BCUT2D eigenvalue weighted by Gasteiger charge is 2.30. The van der Waals surface area contributed by atoms with Gasteiger partial charge < -0.3 is 5.32 Å². The van der Waals surface area contributed by atoms with Gasteiger partial charge in [0.15, 0.2) is 0 Å². The Labute approximate surface area is 155 Å². The van der Waals surface area contributed by atoms with Gasteiger partial charge in [0.2, 0.25) is 5.91 Å². The fourth-order valence-electron chi connectivity index (χ4n) is 3.16. The lowest BCUT2D eigenvalue weighted by Gasteiger charge is -2.24. The SMILES string of the molecule is CSc1ccc(C2CC(=O)Nc3c2cnn3-c2cccc(Cl)c2)cc1. The number of hydrogen-bond donors (Lipinski definition) is 1. The Hall–Kier alpha value is -2.24. The smallest absolute Gasteiger partial charge is 0.226 e. The molecule has 1 aliphatic heterocycles. The first-order chi connectivity index (χ1) is 12.2. The largest absolute Gasteiger partial charge is 0.310 e. The van der Waals surface area contributed by atoms with Gasteiger partial charge in [0, 0.05) is 27.8 Å². The molecule has 1 unspecified atom stereocenters. The molecule has 1 N–H and O–H groups in total. The van der Waals surface area contributed by atoms with E-state index in [0.717, 1.165) is 22.6 Å². The second-order valence-corrected chi connectivity index (χ2v) is 7.23. The molecule has 3 aromatic rings. The second kappa shape index (κ2) is 6.58. The summed E-state index contributed by atoms with van der Waals surface area (Å²) < 4.78 is 1.74. The first-order valence-corrected chi connectivity index (χ1v) is 9.53. The van der Waals surface area contributed by atoms with Gasteiger partial charge in [0.25, 0.3) is 0 Å². The molecule has 2 heterocycles. The van der Waals surface area contributed by atoms with Crippen LogP contribution in [0.3, 0.4) is 0 Å². The number of amides is 1. The van der Waals surface area contributed by atoms with Crippen LogP contribution in [0.2, 0.25) is 5.02 Å². The number of carbonyl (C=O) groups is 1. The highest BCUT2D eigenvalue weighted by Crippen LogP contribution is 2.38. The van der Waals surface area contributed by atoms with Gasteiger partial charge in [-0.1, -0.05) is 29.8 Å². The number of benzene rings is 2. The van der Waals surface area contributed by atoms with Crippen molar-refractivity contribution in [1.82, 2.24) is 9.78 Å². The number of anilines is 1. The zero-order chi connectivity index (χ0) is 17.4. The van der Waals surface area contributed by atoms with Gasteiger partial charge in [-0.25, -0.2) is 4.68 Å². The van der Waals surface area contributed by atoms with Crippen LogP contribution in [0.25, 0.3) is 5.69 Å². The number of hydrogen-bond acceptors (Lipinski definition) is 3. The molecule has 0 spiro atoms. The van der Waals surface area contributed by atoms with Gasteiger partial charge >= 0.3 is 0 Å². The zero-order valence-electron chi connectivity index (χ0n) is 13.6. The van der Waals surface area contributed by atoms with E-state index in [-0.39, 0.29) is 11.8 Å². The number of carbonyl (C=O) groups excluding carboxylic acids is 1. The summed E-state index contributed by atoms with van der Waals surface area (Å²) in [6, 6.07) is 15.8. The molecule has 126 valence electrons. The number of fused-ring (bicyclic) bond motifs is 1. The van der Waals surface area contributed by atoms with Crippen molar-refractivity contribution in [2.75, 3.05) is 11.6 Å². The first kappa shape index (κ1) is 16.2. The third-order valence-electron chi connectivity index (χ3n) is 4.39. The lowest BCUT2D eigenvalue weighted by atomic mass is 9.87. The maximum Gasteiger partial charge on any atom is 0.226 e. The van der Waals surface area contributed by atoms with Crippen molar-refractivity contribution in [3.05, 3.63) is 70.9 Å². The molecular weight excluding hydrogens is 354 g/mol. The molecule has 0 fully saturated rings. The summed E-state index contributed by atoms with van der Waals surface area (Å²) in [5.41, 5.74) is 2.98. The highest BCUT2D eigenvalue weighted by atomic mass is 35.5. The molecule has 0 bridgehead atoms. The van der Waals surface area contributed by atoms with Gasteiger partial charge in [-0.15, -0.1) is 11.8 Å². The van der Waals surface area contributed by atoms with Crippen molar-refractivity contribution in [2.45, 2.75) is 17.2 Å². The Balaban J connectivity index is 1.78. The topological polar surface area (TPSA) is 46.9 Å². The van der Waals surface area contributed by atoms with Crippen LogP contribution in [0.4, 0.5) is 5.82 Å². The highest BCUT2D eigenvalue weighted by molar-refractivity contribution is 7.98. The Morgan fingerprint density at radius 3 is 2.76 bits per heavy atom. The molecular formula is C19H16ClN3OS. The zero-order valence-corrected chi connectivity index (χ0v) is 15.1. The van der Waals surface area contributed by atoms with Crippen molar-refractivity contribution in [3.8, 4) is 5.69 Å². The van der Waals surface area contributed by atoms with E-state index in [1.54, 1.807) is 16.4 Å². The van der Waals surface area contributed by atoms with Crippen LogP contribution >= 0.6 is 23.4 Å². The van der Waals surface area contributed by atoms with Crippen LogP contribution < -0.4 is 5.32 Å². The van der Waals surface area contributed by atoms with E-state index in [4.69, 9.17) is 11.6 Å². The maximum absolute atomic E-state index is 12.3. The third-order valence-corrected chi connectivity index (χ3v) is 5.37. The average Bonchev–Trinajstić information content (AvgIpc) is 3.05. The van der Waals surface area contributed by atoms with Crippen molar-refractivity contribution < 1.29 is 4.79 Å². The summed E-state index contributed by atoms with van der Waals surface area (Å²) in [6.07, 6.45) is 4.31. The molecule has 1 aromatic heterocycles. The Kier molecular flexibility index (Phi) is 4.27. The normalized spacial score (nSPS) is 16.4. The maximum atomic E-state index is 12.3. The lowest BCUT2D eigenvalue weighted by Crippen LogP contribution is -2.24. The van der Waals surface area contributed by atoms with Crippen molar-refractivity contribution >= 4 is 35.1 Å². The molecule has 4 nitrogen and oxygen atoms in total. The Morgan fingerprint density at radius 2 is 2.04 bits per heavy atom. The summed E-state index contributed by atoms with van der Waals surface area (Å²) in [5, 5.41) is 8.09. The van der Waals surface area contributed by atoms with Crippen LogP contribution in [0.1, 0.15) is 23.5 Å². The van der Waals surface area contributed by atoms with Crippen LogP contribution in [-0.4, -0.2) is 21.9 Å². The van der Waals surface area contributed by atoms with Gasteiger partial charge in [-0.2, -0.15) is 5.10 Å². The summed E-state index contributed by atoms with van der Waals surface area (Å²) in [7, 11) is 0. The minimum absolute atomic E-state index is 0.00442. The van der Waals surface area contributed by atoms with Crippen LogP contribution in [0, 0.1) is 0 Å². The Morgan fingerprint density at radius 1 is 1.24 bits per heavy atom. The van der Waals surface area contributed by atoms with Crippen molar-refractivity contribution in [1.29, 1.82) is 0 Å². The van der Waals surface area contributed by atoms with Crippen LogP contribution in [0.5, 0.6) is 0 Å². The number of nitrogens with zero attached hydrogens (tertiary/aromatic N) is 2. The summed E-state index contributed by atoms with van der Waals surface area (Å²) in [5.74, 6) is 0.722. The predicted molar refractivity (Wildman–Crippen MR) is 102 cm³/mol. The summed E-state index contributed by atoms with van der Waals surface area (Å²) >= 11 is 7.80. The van der Waals surface area contributed by atoms with E-state index in [0.29, 0.717) is 11.4 Å². The fourth-order valence-corrected chi connectivity index (χ4v) is 3.75. The van der Waals surface area contributed by atoms with Crippen LogP contribution in [0.15, 0.2) is 59.6 Å². The van der Waals surface area contributed by atoms with Crippen molar-refractivity contribution in [2.24, 2.45) is 0 Å². The molecule has 25 heavy (non-hydrogen) atoms. The van der Waals surface area contributed by atoms with E-state index in [1.807, 2.05) is 30.5 Å². The van der Waals surface area contributed by atoms with Crippen LogP contribution in [-0.2, 0) is 4.79 Å². The van der Waals surface area contributed by atoms with E-state index >= 15 is 0 Å². The molecule has 1 amide bonds. The number of thioether (sulfide) groups is 1. The molecule has 1 atom stereocenters. The van der Waals surface area contributed by atoms with E-state index in [2.05, 4.69) is 40.9 Å². The molecule has 0 saturated heterocycles. The standard InChI is InChI=1S/C19H16ClN3OS/c1-25-15-7-5-12(6-8-15)16-10-18(24)22-19-17(16)11-21-23(19)14-4-2-3-13(20)9-14/h2-9,11,16H,10H2,1H3,(H,22,24). The molecule has 2 aromatic carbocycles. The Bertz CT molecular complexity index is 936. The molecule has 4 rings (SSSR count). The summed E-state index contributed by atoms with van der Waals surface area (Å²) in [4.78, 5) is 13.5. The van der Waals surface area contributed by atoms with Gasteiger partial charge in [-0.3, -0.25) is 4.79 Å². The minimum Gasteiger partial charge on any atom is -0.310 e. The second-order valence-electron chi connectivity index (χ2n) is 5.92. The average molecular weight is 370 g/mol.